The fourth-order valence-corrected chi connectivity index (χ4v) is 23.5. The highest BCUT2D eigenvalue weighted by Crippen LogP contribution is 2.67. The summed E-state index contributed by atoms with van der Waals surface area (Å²) in [6.07, 6.45) is 1.83. The molecule has 0 saturated heterocycles. The number of aromatic nitrogens is 2. The Morgan fingerprint density at radius 2 is 0.489 bits per heavy atom. The van der Waals surface area contributed by atoms with Crippen LogP contribution in [0.15, 0.2) is 449 Å². The molecule has 0 unspecified atom stereocenters. The third kappa shape index (κ3) is 13.2. The molecule has 0 saturated carbocycles. The summed E-state index contributed by atoms with van der Waals surface area (Å²) >= 11 is 0. The quantitative estimate of drug-likeness (QED) is 0.155. The minimum atomic E-state index is -0.103. The predicted molar refractivity (Wildman–Crippen MR) is 578 cm³/mol. The largest absolute Gasteiger partial charge is 0.453 e. The lowest BCUT2D eigenvalue weighted by molar-refractivity contribution is 0.476. The molecule has 0 spiro atoms. The minimum absolute atomic E-state index is 0.0414. The third-order valence-corrected chi connectivity index (χ3v) is 30.2. The molecule has 29 rings (SSSR count). The lowest BCUT2D eigenvalue weighted by Gasteiger charge is -2.35. The standard InChI is InChI=1S/C39H28N2O.C33H25NO.C32H24N2O.C27H21NO/c1-39(2)30-17-9-6-16-29(30)37-31(39)21-23-36-38(37)41(25-12-4-3-5-13-25)34-24-26(20-22-35(34)42-36)40-32-18-10-7-14-27(32)28-15-8-11-19-33(28)40;1-33(2)26-16-10-9-15-25(26)31-27(33)18-20-30-32(31)34(24-13-7-4-8-14-24)28-21-23(17-19-29(28)35-30)22-11-5-3-6-12-22;1-32(2)24-13-7-6-12-23(24)30-25(32)16-18-29-31(30)34(22-10-4-3-5-11-22)27-20-21(15-17-28(27)35-29)26-14-8-9-19-33-26;1-27(2)20-13-7-6-12-19(20)25-21(27)16-17-24-26(25)28(18-10-4-3-5-11-18)22-14-8-9-15-23(22)29-24/h3-24H,1-2H3;3-21H,1-2H3;3-20H,1-2H3;3-17H,1-2H3. The summed E-state index contributed by atoms with van der Waals surface area (Å²) in [5, 5.41) is 2.51. The van der Waals surface area contributed by atoms with Crippen molar-refractivity contribution in [3.05, 3.63) is 494 Å². The van der Waals surface area contributed by atoms with Crippen LogP contribution in [0.1, 0.15) is 99.9 Å². The highest BCUT2D eigenvalue weighted by atomic mass is 16.5. The Hall–Kier alpha value is -17.5. The van der Waals surface area contributed by atoms with E-state index in [-0.39, 0.29) is 21.7 Å². The van der Waals surface area contributed by atoms with Crippen LogP contribution < -0.4 is 38.5 Å². The molecule has 0 radical (unpaired) electrons. The van der Waals surface area contributed by atoms with E-state index in [4.69, 9.17) is 18.9 Å². The molecular weight excluding hydrogens is 1720 g/mol. The molecule has 0 atom stereocenters. The van der Waals surface area contributed by atoms with Crippen LogP contribution in [0.5, 0.6) is 46.0 Å². The molecule has 0 amide bonds. The van der Waals surface area contributed by atoms with E-state index in [1.807, 2.05) is 36.5 Å². The Kier molecular flexibility index (Phi) is 19.5. The molecule has 21 aromatic rings. The van der Waals surface area contributed by atoms with Gasteiger partial charge in [-0.3, -0.25) is 4.98 Å². The highest BCUT2D eigenvalue weighted by molar-refractivity contribution is 6.11. The average Bonchev–Trinajstić information content (AvgIpc) is 1.70. The molecule has 0 fully saturated rings. The summed E-state index contributed by atoms with van der Waals surface area (Å²) in [6.45, 7) is 18.6. The zero-order chi connectivity index (χ0) is 94.7. The molecule has 6 heterocycles. The normalized spacial score (nSPS) is 14.5. The smallest absolute Gasteiger partial charge is 0.152 e. The third-order valence-electron chi connectivity index (χ3n) is 30.2. The molecule has 676 valence electrons. The van der Waals surface area contributed by atoms with E-state index in [0.29, 0.717) is 0 Å². The Morgan fingerprint density at radius 1 is 0.199 bits per heavy atom. The highest BCUT2D eigenvalue weighted by Gasteiger charge is 2.47. The Bertz CT molecular complexity index is 8330. The van der Waals surface area contributed by atoms with Crippen LogP contribution in [-0.2, 0) is 21.7 Å². The first-order valence-electron chi connectivity index (χ1n) is 48.7. The SMILES string of the molecule is CC1(C)c2ccccc2-c2c1ccc1c2N(c2ccccc2)c2cc(-c3ccccc3)ccc2O1.CC1(C)c2ccccc2-c2c1ccc1c2N(c2ccccc2)c2cc(-c3ccccn3)ccc2O1.CC1(C)c2ccccc2-c2c1ccc1c2N(c2ccccc2)c2cc(-n3c4ccccc4c4ccccc43)ccc2O1.CC1(C)c2ccccc2-c2c1ccc1c2N(c2ccccc2)c2ccccc2O1. The number of anilines is 12. The van der Waals surface area contributed by atoms with Crippen molar-refractivity contribution in [1.29, 1.82) is 0 Å². The van der Waals surface area contributed by atoms with Gasteiger partial charge < -0.3 is 43.1 Å². The maximum atomic E-state index is 6.73. The molecular formula is C131H98N6O4. The van der Waals surface area contributed by atoms with E-state index in [9.17, 15) is 0 Å². The van der Waals surface area contributed by atoms with Crippen LogP contribution >= 0.6 is 0 Å². The maximum Gasteiger partial charge on any atom is 0.152 e. The van der Waals surface area contributed by atoms with Gasteiger partial charge in [-0.2, -0.15) is 0 Å². The van der Waals surface area contributed by atoms with Gasteiger partial charge in [-0.25, -0.2) is 0 Å². The molecule has 10 nitrogen and oxygen atoms in total. The summed E-state index contributed by atoms with van der Waals surface area (Å²) < 4.78 is 28.7. The first-order chi connectivity index (χ1) is 69.0. The van der Waals surface area contributed by atoms with Crippen molar-refractivity contribution in [2.24, 2.45) is 0 Å². The van der Waals surface area contributed by atoms with E-state index in [2.05, 4.69) is 497 Å². The van der Waals surface area contributed by atoms with Gasteiger partial charge in [0, 0.05) is 94.9 Å². The first-order valence-corrected chi connectivity index (χ1v) is 48.7. The van der Waals surface area contributed by atoms with Gasteiger partial charge >= 0.3 is 0 Å². The Labute approximate surface area is 821 Å². The molecule has 0 N–H and O–H groups in total. The first kappa shape index (κ1) is 84.1. The summed E-state index contributed by atoms with van der Waals surface area (Å²) in [4.78, 5) is 14.1. The van der Waals surface area contributed by atoms with E-state index >= 15 is 0 Å². The molecule has 2 aromatic heterocycles. The lowest BCUT2D eigenvalue weighted by Crippen LogP contribution is -2.19. The monoisotopic (exact) mass is 1820 g/mol. The predicted octanol–water partition coefficient (Wildman–Crippen LogP) is 36.1. The number of fused-ring (bicyclic) bond motifs is 27. The van der Waals surface area contributed by atoms with Crippen LogP contribution in [0.3, 0.4) is 0 Å². The summed E-state index contributed by atoms with van der Waals surface area (Å²) in [5.41, 5.74) is 41.6. The Balaban J connectivity index is 0.0000000973. The number of hydrogen-bond donors (Lipinski definition) is 0. The number of para-hydroxylation sites is 8. The second-order valence-corrected chi connectivity index (χ2v) is 39.5. The van der Waals surface area contributed by atoms with Gasteiger partial charge in [-0.05, 0) is 236 Å². The second kappa shape index (κ2) is 32.6. The van der Waals surface area contributed by atoms with E-state index in [1.54, 1.807) is 0 Å². The van der Waals surface area contributed by atoms with Crippen molar-refractivity contribution >= 4 is 90.1 Å². The molecule has 19 aromatic carbocycles. The van der Waals surface area contributed by atoms with E-state index in [1.165, 1.54) is 122 Å². The van der Waals surface area contributed by atoms with Gasteiger partial charge in [-0.1, -0.05) is 341 Å². The molecule has 8 aliphatic rings. The zero-order valence-corrected chi connectivity index (χ0v) is 79.5. The molecule has 4 aliphatic carbocycles. The van der Waals surface area contributed by atoms with Crippen LogP contribution in [0.25, 0.3) is 94.4 Å². The number of nitrogens with zero attached hydrogens (tertiary/aromatic N) is 6. The van der Waals surface area contributed by atoms with Gasteiger partial charge in [0.25, 0.3) is 0 Å². The van der Waals surface area contributed by atoms with Crippen LogP contribution in [-0.4, -0.2) is 9.55 Å². The Morgan fingerprint density at radius 3 is 0.872 bits per heavy atom. The number of hydrogen-bond acceptors (Lipinski definition) is 9. The minimum Gasteiger partial charge on any atom is -0.453 e. The van der Waals surface area contributed by atoms with E-state index in [0.717, 1.165) is 131 Å². The van der Waals surface area contributed by atoms with Gasteiger partial charge in [-0.15, -0.1) is 0 Å². The van der Waals surface area contributed by atoms with Gasteiger partial charge in [0.15, 0.2) is 46.0 Å². The number of benzene rings is 19. The van der Waals surface area contributed by atoms with Gasteiger partial charge in [0.1, 0.15) is 0 Å². The molecule has 0 bridgehead atoms. The van der Waals surface area contributed by atoms with Gasteiger partial charge in [0.05, 0.1) is 62.2 Å². The topological polar surface area (TPSA) is 67.7 Å². The van der Waals surface area contributed by atoms with Crippen molar-refractivity contribution in [3.8, 4) is 119 Å². The fourth-order valence-electron chi connectivity index (χ4n) is 23.5. The number of ether oxygens (including phenoxy) is 4. The van der Waals surface area contributed by atoms with Crippen LogP contribution in [0, 0.1) is 0 Å². The van der Waals surface area contributed by atoms with Gasteiger partial charge in [0.2, 0.25) is 0 Å². The van der Waals surface area contributed by atoms with Crippen LogP contribution in [0.4, 0.5) is 68.2 Å². The van der Waals surface area contributed by atoms with Crippen molar-refractivity contribution in [1.82, 2.24) is 9.55 Å². The summed E-state index contributed by atoms with van der Waals surface area (Å²) in [7, 11) is 0. The molecule has 10 heteroatoms. The number of pyridine rings is 1. The fraction of sp³-hybridized carbons (Fsp3) is 0.0916. The van der Waals surface area contributed by atoms with Crippen LogP contribution in [0.2, 0.25) is 0 Å². The van der Waals surface area contributed by atoms with E-state index < -0.39 is 0 Å². The molecule has 4 aliphatic heterocycles. The van der Waals surface area contributed by atoms with Crippen molar-refractivity contribution < 1.29 is 18.9 Å². The van der Waals surface area contributed by atoms with Crippen molar-refractivity contribution in [3.63, 3.8) is 0 Å². The second-order valence-electron chi connectivity index (χ2n) is 39.5. The zero-order valence-electron chi connectivity index (χ0n) is 79.5. The summed E-state index contributed by atoms with van der Waals surface area (Å²) in [6, 6.07) is 157. The molecule has 141 heavy (non-hydrogen) atoms. The average molecular weight is 1820 g/mol. The van der Waals surface area contributed by atoms with Crippen molar-refractivity contribution in [2.75, 3.05) is 19.6 Å². The number of rotatable bonds is 7. The summed E-state index contributed by atoms with van der Waals surface area (Å²) in [5.74, 6) is 6.98. The maximum absolute atomic E-state index is 6.73. The van der Waals surface area contributed by atoms with Crippen molar-refractivity contribution in [2.45, 2.75) is 77.0 Å². The lowest BCUT2D eigenvalue weighted by atomic mass is 9.82.